The molecule has 0 bridgehead atoms. The number of carbonyl (C=O) groups excluding carboxylic acids is 1. The van der Waals surface area contributed by atoms with E-state index in [9.17, 15) is 4.79 Å². The smallest absolute Gasteiger partial charge is 0.248 e. The maximum absolute atomic E-state index is 11.1. The number of hydrogen-bond donors (Lipinski definition) is 1. The summed E-state index contributed by atoms with van der Waals surface area (Å²) in [6.07, 6.45) is 3.73. The molecular weight excluding hydrogens is 256 g/mol. The van der Waals surface area contributed by atoms with Crippen molar-refractivity contribution in [3.63, 3.8) is 0 Å². The molecular formula is C15H11BClNO. The molecule has 1 amide bonds. The summed E-state index contributed by atoms with van der Waals surface area (Å²) in [6, 6.07) is 12.4. The van der Waals surface area contributed by atoms with Crippen LogP contribution in [-0.2, 0) is 0 Å². The van der Waals surface area contributed by atoms with Gasteiger partial charge in [0.15, 0.2) is 0 Å². The van der Waals surface area contributed by atoms with E-state index in [1.807, 2.05) is 36.4 Å². The second kappa shape index (κ2) is 5.76. The largest absolute Gasteiger partial charge is 0.366 e. The molecule has 2 aromatic rings. The average Bonchev–Trinajstić information content (AvgIpc) is 2.39. The van der Waals surface area contributed by atoms with Crippen LogP contribution in [0.3, 0.4) is 0 Å². The second-order valence-electron chi connectivity index (χ2n) is 4.09. The maximum Gasteiger partial charge on any atom is 0.248 e. The van der Waals surface area contributed by atoms with Gasteiger partial charge in [0.1, 0.15) is 7.85 Å². The van der Waals surface area contributed by atoms with Crippen LogP contribution in [0.2, 0.25) is 5.02 Å². The highest BCUT2D eigenvalue weighted by Gasteiger charge is 2.02. The van der Waals surface area contributed by atoms with Crippen molar-refractivity contribution < 1.29 is 4.79 Å². The summed E-state index contributed by atoms with van der Waals surface area (Å²) in [4.78, 5) is 11.1. The van der Waals surface area contributed by atoms with E-state index >= 15 is 0 Å². The van der Waals surface area contributed by atoms with Crippen LogP contribution in [0, 0.1) is 0 Å². The fraction of sp³-hybridized carbons (Fsp3) is 0. The highest BCUT2D eigenvalue weighted by Crippen LogP contribution is 2.12. The zero-order valence-electron chi connectivity index (χ0n) is 10.1. The summed E-state index contributed by atoms with van der Waals surface area (Å²) in [6.45, 7) is 0. The van der Waals surface area contributed by atoms with Crippen molar-refractivity contribution in [1.82, 2.24) is 0 Å². The van der Waals surface area contributed by atoms with Crippen molar-refractivity contribution in [2.24, 2.45) is 5.73 Å². The maximum atomic E-state index is 11.1. The van der Waals surface area contributed by atoms with Gasteiger partial charge in [0.25, 0.3) is 0 Å². The number of primary amides is 1. The molecule has 19 heavy (non-hydrogen) atoms. The fourth-order valence-electron chi connectivity index (χ4n) is 1.63. The van der Waals surface area contributed by atoms with Crippen LogP contribution in [0.1, 0.15) is 21.5 Å². The van der Waals surface area contributed by atoms with E-state index in [0.717, 1.165) is 11.1 Å². The van der Waals surface area contributed by atoms with Gasteiger partial charge in [0.2, 0.25) is 5.91 Å². The van der Waals surface area contributed by atoms with Crippen molar-refractivity contribution in [1.29, 1.82) is 0 Å². The third-order valence-corrected chi connectivity index (χ3v) is 2.95. The predicted octanol–water partition coefficient (Wildman–Crippen LogP) is 2.40. The highest BCUT2D eigenvalue weighted by atomic mass is 35.5. The molecule has 0 unspecified atom stereocenters. The summed E-state index contributed by atoms with van der Waals surface area (Å²) >= 11 is 5.81. The lowest BCUT2D eigenvalue weighted by atomic mass is 9.88. The molecule has 2 nitrogen and oxygen atoms in total. The Balaban J connectivity index is 2.29. The van der Waals surface area contributed by atoms with Crippen molar-refractivity contribution in [2.75, 3.05) is 0 Å². The lowest BCUT2D eigenvalue weighted by molar-refractivity contribution is 0.100. The van der Waals surface area contributed by atoms with Gasteiger partial charge in [-0.25, -0.2) is 0 Å². The molecule has 2 radical (unpaired) electrons. The van der Waals surface area contributed by atoms with Gasteiger partial charge in [-0.2, -0.15) is 0 Å². The minimum Gasteiger partial charge on any atom is -0.366 e. The van der Waals surface area contributed by atoms with Crippen LogP contribution < -0.4 is 11.2 Å². The van der Waals surface area contributed by atoms with E-state index in [2.05, 4.69) is 0 Å². The number of amides is 1. The topological polar surface area (TPSA) is 43.1 Å². The molecule has 0 heterocycles. The number of halogens is 1. The van der Waals surface area contributed by atoms with Crippen LogP contribution in [0.15, 0.2) is 42.5 Å². The molecule has 0 atom stereocenters. The minimum absolute atomic E-state index is 0.435. The SMILES string of the molecule is [B]c1ccc(C(N)=O)cc1/C=C/c1ccc(Cl)cc1. The fourth-order valence-corrected chi connectivity index (χ4v) is 1.76. The van der Waals surface area contributed by atoms with Gasteiger partial charge in [-0.1, -0.05) is 53.5 Å². The van der Waals surface area contributed by atoms with Gasteiger partial charge in [-0.3, -0.25) is 4.79 Å². The highest BCUT2D eigenvalue weighted by molar-refractivity contribution is 6.34. The van der Waals surface area contributed by atoms with Gasteiger partial charge in [0.05, 0.1) is 0 Å². The Hall–Kier alpha value is -2.00. The first kappa shape index (κ1) is 13.4. The Kier molecular flexibility index (Phi) is 4.08. The van der Waals surface area contributed by atoms with Gasteiger partial charge in [-0.15, -0.1) is 0 Å². The Labute approximate surface area is 118 Å². The van der Waals surface area contributed by atoms with E-state index in [1.165, 1.54) is 0 Å². The summed E-state index contributed by atoms with van der Waals surface area (Å²) in [5.41, 5.74) is 8.02. The van der Waals surface area contributed by atoms with Crippen LogP contribution in [0.5, 0.6) is 0 Å². The third-order valence-electron chi connectivity index (χ3n) is 2.70. The summed E-state index contributed by atoms with van der Waals surface area (Å²) < 4.78 is 0. The zero-order chi connectivity index (χ0) is 13.8. The van der Waals surface area contributed by atoms with E-state index in [0.29, 0.717) is 16.0 Å². The number of nitrogens with two attached hydrogens (primary N) is 1. The zero-order valence-corrected chi connectivity index (χ0v) is 10.9. The Morgan fingerprint density at radius 1 is 1.11 bits per heavy atom. The summed E-state index contributed by atoms with van der Waals surface area (Å²) in [5.74, 6) is -0.471. The third kappa shape index (κ3) is 3.49. The van der Waals surface area contributed by atoms with Crippen LogP contribution in [-0.4, -0.2) is 13.8 Å². The molecule has 0 aliphatic rings. The summed E-state index contributed by atoms with van der Waals surface area (Å²) in [7, 11) is 5.85. The molecule has 0 fully saturated rings. The minimum atomic E-state index is -0.471. The molecule has 0 saturated carbocycles. The lowest BCUT2D eigenvalue weighted by Crippen LogP contribution is -2.14. The molecule has 2 N–H and O–H groups in total. The van der Waals surface area contributed by atoms with Crippen LogP contribution in [0.4, 0.5) is 0 Å². The van der Waals surface area contributed by atoms with Crippen LogP contribution >= 0.6 is 11.6 Å². The predicted molar refractivity (Wildman–Crippen MR) is 80.7 cm³/mol. The first-order valence-electron chi connectivity index (χ1n) is 5.69. The normalized spacial score (nSPS) is 10.8. The van der Waals surface area contributed by atoms with Crippen molar-refractivity contribution in [2.45, 2.75) is 0 Å². The monoisotopic (exact) mass is 267 g/mol. The second-order valence-corrected chi connectivity index (χ2v) is 4.53. The van der Waals surface area contributed by atoms with Crippen molar-refractivity contribution >= 4 is 43.0 Å². The van der Waals surface area contributed by atoms with E-state index in [1.54, 1.807) is 18.2 Å². The first-order valence-corrected chi connectivity index (χ1v) is 6.07. The summed E-state index contributed by atoms with van der Waals surface area (Å²) in [5, 5.41) is 0.687. The molecule has 0 spiro atoms. The average molecular weight is 268 g/mol. The Morgan fingerprint density at radius 3 is 2.42 bits per heavy atom. The number of carbonyl (C=O) groups is 1. The lowest BCUT2D eigenvalue weighted by Gasteiger charge is -2.03. The Bertz CT molecular complexity index is 635. The number of hydrogen-bond acceptors (Lipinski definition) is 1. The van der Waals surface area contributed by atoms with Gasteiger partial charge < -0.3 is 5.73 Å². The van der Waals surface area contributed by atoms with Gasteiger partial charge >= 0.3 is 0 Å². The van der Waals surface area contributed by atoms with E-state index in [4.69, 9.17) is 25.2 Å². The Morgan fingerprint density at radius 2 is 1.79 bits per heavy atom. The number of benzene rings is 2. The first-order chi connectivity index (χ1) is 9.06. The molecule has 0 saturated heterocycles. The molecule has 2 rings (SSSR count). The quantitative estimate of drug-likeness (QED) is 0.673. The van der Waals surface area contributed by atoms with Crippen molar-refractivity contribution in [3.05, 3.63) is 64.2 Å². The van der Waals surface area contributed by atoms with Gasteiger partial charge in [-0.05, 0) is 29.3 Å². The van der Waals surface area contributed by atoms with E-state index in [-0.39, 0.29) is 0 Å². The standard InChI is InChI=1S/C15H11BClNO/c16-14-8-5-12(15(18)19)9-11(14)4-1-10-2-6-13(17)7-3-10/h1-9H,(H2,18,19)/b4-1+. The van der Waals surface area contributed by atoms with Gasteiger partial charge in [0, 0.05) is 10.6 Å². The molecule has 0 aliphatic heterocycles. The van der Waals surface area contributed by atoms with Crippen molar-refractivity contribution in [3.8, 4) is 0 Å². The van der Waals surface area contributed by atoms with E-state index < -0.39 is 5.91 Å². The molecule has 0 aliphatic carbocycles. The van der Waals surface area contributed by atoms with Crippen LogP contribution in [0.25, 0.3) is 12.2 Å². The molecule has 2 aromatic carbocycles. The molecule has 4 heteroatoms. The number of rotatable bonds is 3. The molecule has 0 aromatic heterocycles. The molecule has 92 valence electrons.